The molecule has 1 fully saturated rings. The highest BCUT2D eigenvalue weighted by molar-refractivity contribution is 7.88. The molecule has 1 aromatic rings. The van der Waals surface area contributed by atoms with Gasteiger partial charge in [0.05, 0.1) is 12.8 Å². The molecule has 0 aromatic heterocycles. The number of anilines is 1. The second-order valence-corrected chi connectivity index (χ2v) is 9.91. The molecule has 2 rings (SSSR count). The van der Waals surface area contributed by atoms with E-state index in [0.717, 1.165) is 32.1 Å². The fourth-order valence-electron chi connectivity index (χ4n) is 3.28. The highest BCUT2D eigenvalue weighted by atomic mass is 32.2. The minimum atomic E-state index is -3.41. The molecular formula is C19H30N2O3S. The van der Waals surface area contributed by atoms with E-state index < -0.39 is 10.0 Å². The summed E-state index contributed by atoms with van der Waals surface area (Å²) >= 11 is 0. The zero-order valence-electron chi connectivity index (χ0n) is 15.7. The van der Waals surface area contributed by atoms with Crippen molar-refractivity contribution >= 4 is 21.6 Å². The number of nitrogens with zero attached hydrogens (tertiary/aromatic N) is 1. The van der Waals surface area contributed by atoms with Gasteiger partial charge in [-0.3, -0.25) is 4.79 Å². The molecule has 0 bridgehead atoms. The molecule has 0 atom stereocenters. The highest BCUT2D eigenvalue weighted by Gasteiger charge is 2.29. The highest BCUT2D eigenvalue weighted by Crippen LogP contribution is 2.25. The monoisotopic (exact) mass is 366 g/mol. The third-order valence-corrected chi connectivity index (χ3v) is 6.02. The van der Waals surface area contributed by atoms with Crippen molar-refractivity contribution in [3.8, 4) is 0 Å². The molecule has 1 amide bonds. The first-order valence-electron chi connectivity index (χ1n) is 8.94. The average Bonchev–Trinajstić information content (AvgIpc) is 2.52. The first-order chi connectivity index (χ1) is 11.6. The summed E-state index contributed by atoms with van der Waals surface area (Å²) in [7, 11) is -3.41. The van der Waals surface area contributed by atoms with Crippen molar-refractivity contribution < 1.29 is 13.2 Å². The van der Waals surface area contributed by atoms with Gasteiger partial charge in [-0.15, -0.1) is 0 Å². The number of carbonyl (C=O) groups excluding carboxylic acids is 1. The quantitative estimate of drug-likeness (QED) is 0.867. The van der Waals surface area contributed by atoms with Crippen LogP contribution in [0.1, 0.15) is 58.4 Å². The van der Waals surface area contributed by atoms with Crippen LogP contribution in [0, 0.1) is 0 Å². The van der Waals surface area contributed by atoms with Crippen LogP contribution in [0.25, 0.3) is 0 Å². The molecule has 1 N–H and O–H groups in total. The summed E-state index contributed by atoms with van der Waals surface area (Å²) in [4.78, 5) is 12.4. The van der Waals surface area contributed by atoms with E-state index in [1.54, 1.807) is 0 Å². The second-order valence-electron chi connectivity index (χ2n) is 7.98. The van der Waals surface area contributed by atoms with Crippen LogP contribution in [0.3, 0.4) is 0 Å². The van der Waals surface area contributed by atoms with Gasteiger partial charge >= 0.3 is 0 Å². The van der Waals surface area contributed by atoms with Gasteiger partial charge in [0.2, 0.25) is 15.9 Å². The van der Waals surface area contributed by atoms with Gasteiger partial charge in [0.25, 0.3) is 0 Å². The molecule has 1 aliphatic rings. The maximum Gasteiger partial charge on any atom is 0.239 e. The SMILES string of the molecule is CC(C)(C)c1ccc(NC(=O)CN(C2CCCCC2)S(C)(=O)=O)cc1. The van der Waals surface area contributed by atoms with Crippen LogP contribution in [0.5, 0.6) is 0 Å². The number of nitrogens with one attached hydrogen (secondary N) is 1. The fraction of sp³-hybridized carbons (Fsp3) is 0.632. The van der Waals surface area contributed by atoms with E-state index in [0.29, 0.717) is 5.69 Å². The summed E-state index contributed by atoms with van der Waals surface area (Å²) < 4.78 is 25.6. The molecule has 5 nitrogen and oxygen atoms in total. The van der Waals surface area contributed by atoms with Crippen LogP contribution >= 0.6 is 0 Å². The van der Waals surface area contributed by atoms with Crippen molar-refractivity contribution in [2.45, 2.75) is 64.3 Å². The fourth-order valence-corrected chi connectivity index (χ4v) is 4.39. The van der Waals surface area contributed by atoms with E-state index in [-0.39, 0.29) is 23.9 Å². The molecule has 25 heavy (non-hydrogen) atoms. The lowest BCUT2D eigenvalue weighted by Gasteiger charge is -2.31. The Balaban J connectivity index is 2.03. The van der Waals surface area contributed by atoms with Crippen LogP contribution in [0.15, 0.2) is 24.3 Å². The Labute approximate surface area is 151 Å². The Morgan fingerprint density at radius 1 is 1.12 bits per heavy atom. The number of sulfonamides is 1. The van der Waals surface area contributed by atoms with Gasteiger partial charge in [0, 0.05) is 11.7 Å². The molecule has 0 aliphatic heterocycles. The summed E-state index contributed by atoms with van der Waals surface area (Å²) in [5.74, 6) is -0.292. The Kier molecular flexibility index (Phi) is 6.27. The number of hydrogen-bond acceptors (Lipinski definition) is 3. The van der Waals surface area contributed by atoms with Crippen LogP contribution in [0.2, 0.25) is 0 Å². The standard InChI is InChI=1S/C19H30N2O3S/c1-19(2,3)15-10-12-16(13-11-15)20-18(22)14-21(25(4,23)24)17-8-6-5-7-9-17/h10-13,17H,5-9,14H2,1-4H3,(H,20,22). The zero-order chi connectivity index (χ0) is 18.7. The Morgan fingerprint density at radius 3 is 2.16 bits per heavy atom. The molecule has 0 saturated heterocycles. The maximum absolute atomic E-state index is 12.4. The number of benzene rings is 1. The lowest BCUT2D eigenvalue weighted by atomic mass is 9.87. The lowest BCUT2D eigenvalue weighted by Crippen LogP contribution is -2.45. The smallest absolute Gasteiger partial charge is 0.239 e. The van der Waals surface area contributed by atoms with E-state index >= 15 is 0 Å². The summed E-state index contributed by atoms with van der Waals surface area (Å²) in [6, 6.07) is 7.65. The van der Waals surface area contributed by atoms with Crippen molar-refractivity contribution in [3.05, 3.63) is 29.8 Å². The first kappa shape index (κ1) is 19.9. The zero-order valence-corrected chi connectivity index (χ0v) is 16.5. The Bertz CT molecular complexity index is 684. The molecule has 0 spiro atoms. The maximum atomic E-state index is 12.4. The van der Waals surface area contributed by atoms with E-state index in [1.807, 2.05) is 24.3 Å². The average molecular weight is 367 g/mol. The van der Waals surface area contributed by atoms with Gasteiger partial charge in [0.15, 0.2) is 0 Å². The molecular weight excluding hydrogens is 336 g/mol. The molecule has 0 radical (unpaired) electrons. The summed E-state index contributed by atoms with van der Waals surface area (Å²) in [6.07, 6.45) is 6.04. The lowest BCUT2D eigenvalue weighted by molar-refractivity contribution is -0.116. The number of amides is 1. The van der Waals surface area contributed by atoms with Gasteiger partial charge < -0.3 is 5.32 Å². The van der Waals surface area contributed by atoms with Crippen LogP contribution in [0.4, 0.5) is 5.69 Å². The molecule has 140 valence electrons. The third kappa shape index (κ3) is 5.82. The molecule has 1 aliphatic carbocycles. The second kappa shape index (κ2) is 7.87. The molecule has 1 saturated carbocycles. The predicted molar refractivity (Wildman–Crippen MR) is 102 cm³/mol. The number of rotatable bonds is 5. The minimum Gasteiger partial charge on any atom is -0.325 e. The largest absolute Gasteiger partial charge is 0.325 e. The van der Waals surface area contributed by atoms with E-state index in [1.165, 1.54) is 16.1 Å². The van der Waals surface area contributed by atoms with Gasteiger partial charge in [-0.05, 0) is 36.0 Å². The summed E-state index contributed by atoms with van der Waals surface area (Å²) in [5.41, 5.74) is 1.93. The van der Waals surface area contributed by atoms with Crippen LogP contribution in [-0.2, 0) is 20.2 Å². The van der Waals surface area contributed by atoms with Gasteiger partial charge in [-0.1, -0.05) is 52.2 Å². The number of hydrogen-bond donors (Lipinski definition) is 1. The van der Waals surface area contributed by atoms with E-state index in [4.69, 9.17) is 0 Å². The van der Waals surface area contributed by atoms with Gasteiger partial charge in [-0.25, -0.2) is 8.42 Å². The van der Waals surface area contributed by atoms with Crippen molar-refractivity contribution in [2.24, 2.45) is 0 Å². The van der Waals surface area contributed by atoms with Gasteiger partial charge in [0.1, 0.15) is 0 Å². The van der Waals surface area contributed by atoms with Crippen molar-refractivity contribution in [2.75, 3.05) is 18.1 Å². The first-order valence-corrected chi connectivity index (χ1v) is 10.8. The van der Waals surface area contributed by atoms with Crippen molar-refractivity contribution in [3.63, 3.8) is 0 Å². The van der Waals surface area contributed by atoms with E-state index in [9.17, 15) is 13.2 Å². The van der Waals surface area contributed by atoms with Gasteiger partial charge in [-0.2, -0.15) is 4.31 Å². The Morgan fingerprint density at radius 2 is 1.68 bits per heavy atom. The Hall–Kier alpha value is -1.40. The number of carbonyl (C=O) groups is 1. The third-order valence-electron chi connectivity index (χ3n) is 4.74. The van der Waals surface area contributed by atoms with Crippen LogP contribution in [-0.4, -0.2) is 37.5 Å². The normalized spacial score (nSPS) is 16.8. The minimum absolute atomic E-state index is 0.0522. The molecule has 1 aromatic carbocycles. The molecule has 6 heteroatoms. The summed E-state index contributed by atoms with van der Waals surface area (Å²) in [5, 5.41) is 2.82. The molecule has 0 unspecified atom stereocenters. The molecule has 0 heterocycles. The van der Waals surface area contributed by atoms with Crippen LogP contribution < -0.4 is 5.32 Å². The predicted octanol–water partition coefficient (Wildman–Crippen LogP) is 3.52. The summed E-state index contributed by atoms with van der Waals surface area (Å²) in [6.45, 7) is 6.28. The topological polar surface area (TPSA) is 66.5 Å². The van der Waals surface area contributed by atoms with E-state index in [2.05, 4.69) is 26.1 Å². The van der Waals surface area contributed by atoms with Crippen molar-refractivity contribution in [1.29, 1.82) is 0 Å². The van der Waals surface area contributed by atoms with Crippen molar-refractivity contribution in [1.82, 2.24) is 4.31 Å².